The molecule has 0 unspecified atom stereocenters. The molecule has 4 nitrogen and oxygen atoms in total. The molecule has 0 spiro atoms. The first-order valence-corrected chi connectivity index (χ1v) is 5.39. The Bertz CT molecular complexity index is 289. The number of hydrogen-bond donors (Lipinski definition) is 0. The molecule has 16 heavy (non-hydrogen) atoms. The number of carbonyl (C=O) groups excluding carboxylic acids is 2. The van der Waals surface area contributed by atoms with Gasteiger partial charge >= 0.3 is 11.9 Å². The van der Waals surface area contributed by atoms with Crippen LogP contribution in [0.3, 0.4) is 0 Å². The Morgan fingerprint density at radius 2 is 1.56 bits per heavy atom. The zero-order valence-corrected chi connectivity index (χ0v) is 10.6. The molecule has 0 rings (SSSR count). The third-order valence-corrected chi connectivity index (χ3v) is 2.24. The first-order valence-electron chi connectivity index (χ1n) is 5.39. The van der Waals surface area contributed by atoms with Gasteiger partial charge in [-0.25, -0.2) is 9.59 Å². The summed E-state index contributed by atoms with van der Waals surface area (Å²) < 4.78 is 9.38. The molecule has 0 aromatic rings. The van der Waals surface area contributed by atoms with Crippen LogP contribution in [0, 0.1) is 5.92 Å². The highest BCUT2D eigenvalue weighted by Gasteiger charge is 2.23. The van der Waals surface area contributed by atoms with Gasteiger partial charge in [0.2, 0.25) is 0 Å². The Labute approximate surface area is 96.6 Å². The third kappa shape index (κ3) is 3.68. The summed E-state index contributed by atoms with van der Waals surface area (Å²) in [5.41, 5.74) is 0.836. The molecule has 4 heteroatoms. The highest BCUT2D eigenvalue weighted by molar-refractivity contribution is 6.00. The van der Waals surface area contributed by atoms with Crippen LogP contribution < -0.4 is 0 Å². The molecule has 0 fully saturated rings. The maximum Gasteiger partial charge on any atom is 0.334 e. The molecular formula is C12H20O4. The zero-order chi connectivity index (χ0) is 12.7. The second kappa shape index (κ2) is 7.04. The second-order valence-electron chi connectivity index (χ2n) is 3.78. The van der Waals surface area contributed by atoms with Crippen LogP contribution in [-0.4, -0.2) is 26.2 Å². The first-order chi connectivity index (χ1) is 7.49. The van der Waals surface area contributed by atoms with Gasteiger partial charge in [0.15, 0.2) is 0 Å². The minimum absolute atomic E-state index is 0.0619. The van der Waals surface area contributed by atoms with Crippen molar-refractivity contribution >= 4 is 11.9 Å². The van der Waals surface area contributed by atoms with E-state index in [4.69, 9.17) is 4.74 Å². The summed E-state index contributed by atoms with van der Waals surface area (Å²) in [5, 5.41) is 0. The largest absolute Gasteiger partial charge is 0.466 e. The molecule has 92 valence electrons. The molecule has 0 aliphatic carbocycles. The fraction of sp³-hybridized carbons (Fsp3) is 0.667. The summed E-state index contributed by atoms with van der Waals surface area (Å²) in [7, 11) is 2.62. The summed E-state index contributed by atoms with van der Waals surface area (Å²) in [6.07, 6.45) is 1.30. The lowest BCUT2D eigenvalue weighted by molar-refractivity contribution is -0.139. The number of rotatable bonds is 5. The average molecular weight is 228 g/mol. The van der Waals surface area contributed by atoms with Crippen molar-refractivity contribution in [3.05, 3.63) is 11.1 Å². The van der Waals surface area contributed by atoms with Crippen LogP contribution in [0.2, 0.25) is 0 Å². The maximum atomic E-state index is 11.6. The summed E-state index contributed by atoms with van der Waals surface area (Å²) in [4.78, 5) is 23.2. The van der Waals surface area contributed by atoms with Crippen molar-refractivity contribution in [3.63, 3.8) is 0 Å². The van der Waals surface area contributed by atoms with Crippen LogP contribution in [0.15, 0.2) is 11.1 Å². The minimum Gasteiger partial charge on any atom is -0.466 e. The zero-order valence-electron chi connectivity index (χ0n) is 10.6. The molecule has 0 radical (unpaired) electrons. The van der Waals surface area contributed by atoms with E-state index in [1.54, 1.807) is 0 Å². The number of hydrogen-bond acceptors (Lipinski definition) is 4. The number of carbonyl (C=O) groups is 2. The Hall–Kier alpha value is -1.32. The topological polar surface area (TPSA) is 52.6 Å². The molecule has 0 saturated carbocycles. The Morgan fingerprint density at radius 1 is 1.06 bits per heavy atom. The molecule has 0 bridgehead atoms. The Kier molecular flexibility index (Phi) is 6.46. The fourth-order valence-corrected chi connectivity index (χ4v) is 1.54. The van der Waals surface area contributed by atoms with Crippen LogP contribution in [0.4, 0.5) is 0 Å². The second-order valence-corrected chi connectivity index (χ2v) is 3.78. The SMILES string of the molecule is CCCC(C(=O)OC)=C(C(=O)OC)C(C)C. The van der Waals surface area contributed by atoms with Gasteiger partial charge in [0.1, 0.15) is 0 Å². The van der Waals surface area contributed by atoms with E-state index in [2.05, 4.69) is 4.74 Å². The highest BCUT2D eigenvalue weighted by Crippen LogP contribution is 2.21. The van der Waals surface area contributed by atoms with Gasteiger partial charge in [0.05, 0.1) is 19.8 Å². The molecule has 0 amide bonds. The van der Waals surface area contributed by atoms with Crippen LogP contribution in [0.25, 0.3) is 0 Å². The standard InChI is InChI=1S/C12H20O4/c1-6-7-9(11(13)15-4)10(8(2)3)12(14)16-5/h8H,6-7H2,1-5H3. The van der Waals surface area contributed by atoms with Crippen molar-refractivity contribution in [1.29, 1.82) is 0 Å². The lowest BCUT2D eigenvalue weighted by Gasteiger charge is -2.14. The Morgan fingerprint density at radius 3 is 1.88 bits per heavy atom. The van der Waals surface area contributed by atoms with Crippen LogP contribution in [-0.2, 0) is 19.1 Å². The molecule has 0 aliphatic rings. The molecule has 0 aliphatic heterocycles. The summed E-state index contributed by atoms with van der Waals surface area (Å²) >= 11 is 0. The van der Waals surface area contributed by atoms with E-state index in [1.807, 2.05) is 20.8 Å². The van der Waals surface area contributed by atoms with E-state index in [0.717, 1.165) is 6.42 Å². The van der Waals surface area contributed by atoms with Crippen molar-refractivity contribution < 1.29 is 19.1 Å². The van der Waals surface area contributed by atoms with E-state index < -0.39 is 11.9 Å². The first kappa shape index (κ1) is 14.7. The van der Waals surface area contributed by atoms with E-state index >= 15 is 0 Å². The van der Waals surface area contributed by atoms with Gasteiger partial charge in [-0.15, -0.1) is 0 Å². The van der Waals surface area contributed by atoms with Crippen molar-refractivity contribution in [3.8, 4) is 0 Å². The van der Waals surface area contributed by atoms with Gasteiger partial charge in [-0.3, -0.25) is 0 Å². The molecule has 0 aromatic carbocycles. The Balaban J connectivity index is 5.43. The van der Waals surface area contributed by atoms with E-state index in [0.29, 0.717) is 17.6 Å². The van der Waals surface area contributed by atoms with E-state index in [9.17, 15) is 9.59 Å². The van der Waals surface area contributed by atoms with Crippen molar-refractivity contribution in [2.45, 2.75) is 33.6 Å². The normalized spacial score (nSPS) is 12.1. The summed E-state index contributed by atoms with van der Waals surface area (Å²) in [6, 6.07) is 0. The summed E-state index contributed by atoms with van der Waals surface area (Å²) in [5.74, 6) is -0.965. The smallest absolute Gasteiger partial charge is 0.334 e. The van der Waals surface area contributed by atoms with Gasteiger partial charge < -0.3 is 9.47 Å². The van der Waals surface area contributed by atoms with Crippen LogP contribution >= 0.6 is 0 Å². The third-order valence-electron chi connectivity index (χ3n) is 2.24. The van der Waals surface area contributed by atoms with Gasteiger partial charge in [-0.2, -0.15) is 0 Å². The van der Waals surface area contributed by atoms with E-state index in [-0.39, 0.29) is 5.92 Å². The van der Waals surface area contributed by atoms with Crippen LogP contribution in [0.5, 0.6) is 0 Å². The van der Waals surface area contributed by atoms with Gasteiger partial charge in [0.25, 0.3) is 0 Å². The van der Waals surface area contributed by atoms with Gasteiger partial charge in [0, 0.05) is 5.57 Å². The quantitative estimate of drug-likeness (QED) is 0.534. The molecule has 0 N–H and O–H groups in total. The van der Waals surface area contributed by atoms with Gasteiger partial charge in [-0.05, 0) is 12.3 Å². The predicted octanol–water partition coefficient (Wildman–Crippen LogP) is 2.09. The minimum atomic E-state index is -0.455. The van der Waals surface area contributed by atoms with E-state index in [1.165, 1.54) is 14.2 Å². The molecular weight excluding hydrogens is 208 g/mol. The number of ether oxygens (including phenoxy) is 2. The fourth-order valence-electron chi connectivity index (χ4n) is 1.54. The monoisotopic (exact) mass is 228 g/mol. The van der Waals surface area contributed by atoms with Crippen LogP contribution in [0.1, 0.15) is 33.6 Å². The average Bonchev–Trinajstić information content (AvgIpc) is 2.26. The number of esters is 2. The highest BCUT2D eigenvalue weighted by atomic mass is 16.5. The maximum absolute atomic E-state index is 11.6. The molecule has 0 aromatic heterocycles. The van der Waals surface area contributed by atoms with Gasteiger partial charge in [-0.1, -0.05) is 27.2 Å². The number of methoxy groups -OCH3 is 2. The van der Waals surface area contributed by atoms with Crippen molar-refractivity contribution in [2.24, 2.45) is 5.92 Å². The lowest BCUT2D eigenvalue weighted by Crippen LogP contribution is -2.18. The molecule has 0 saturated heterocycles. The van der Waals surface area contributed by atoms with Crippen molar-refractivity contribution in [1.82, 2.24) is 0 Å². The lowest BCUT2D eigenvalue weighted by atomic mass is 9.94. The molecule has 0 heterocycles. The predicted molar refractivity (Wildman–Crippen MR) is 60.8 cm³/mol. The molecule has 0 atom stereocenters. The van der Waals surface area contributed by atoms with Crippen molar-refractivity contribution in [2.75, 3.05) is 14.2 Å². The summed E-state index contributed by atoms with van der Waals surface area (Å²) in [6.45, 7) is 5.65.